The van der Waals surface area contributed by atoms with Crippen LogP contribution in [0.1, 0.15) is 24.8 Å². The van der Waals surface area contributed by atoms with E-state index >= 15 is 0 Å². The highest BCUT2D eigenvalue weighted by molar-refractivity contribution is 5.92. The fraction of sp³-hybridized carbons (Fsp3) is 0.357. The second-order valence-corrected chi connectivity index (χ2v) is 4.44. The van der Waals surface area contributed by atoms with Crippen molar-refractivity contribution in [3.8, 4) is 6.07 Å². The molecule has 19 heavy (non-hydrogen) atoms. The smallest absolute Gasteiger partial charge is 0.226 e. The van der Waals surface area contributed by atoms with E-state index in [-0.39, 0.29) is 18.2 Å². The molecule has 1 N–H and O–H groups in total. The van der Waals surface area contributed by atoms with Crippen molar-refractivity contribution >= 4 is 17.5 Å². The molecule has 1 fully saturated rings. The van der Waals surface area contributed by atoms with Gasteiger partial charge in [-0.15, -0.1) is 0 Å². The van der Waals surface area contributed by atoms with Gasteiger partial charge < -0.3 is 10.2 Å². The van der Waals surface area contributed by atoms with Gasteiger partial charge in [0.1, 0.15) is 6.07 Å². The fourth-order valence-electron chi connectivity index (χ4n) is 2.08. The van der Waals surface area contributed by atoms with Crippen LogP contribution in [0.2, 0.25) is 0 Å². The molecule has 0 aliphatic carbocycles. The number of nitrogens with one attached hydrogen (secondary N) is 1. The van der Waals surface area contributed by atoms with Gasteiger partial charge in [0.2, 0.25) is 11.8 Å². The number of carbonyl (C=O) groups excluding carboxylic acids is 2. The van der Waals surface area contributed by atoms with Crippen LogP contribution < -0.4 is 5.32 Å². The number of likely N-dealkylation sites (tertiary alicyclic amines) is 1. The van der Waals surface area contributed by atoms with Crippen molar-refractivity contribution < 1.29 is 9.59 Å². The third kappa shape index (κ3) is 3.32. The molecule has 0 unspecified atom stereocenters. The van der Waals surface area contributed by atoms with Crippen molar-refractivity contribution in [2.24, 2.45) is 0 Å². The molecule has 2 rings (SSSR count). The molecule has 0 aromatic heterocycles. The summed E-state index contributed by atoms with van der Waals surface area (Å²) in [5, 5.41) is 11.6. The maximum absolute atomic E-state index is 11.8. The number of nitriles is 1. The van der Waals surface area contributed by atoms with Gasteiger partial charge in [0.25, 0.3) is 0 Å². The third-order valence-corrected chi connectivity index (χ3v) is 3.10. The molecular weight excluding hydrogens is 242 g/mol. The van der Waals surface area contributed by atoms with Crippen LogP contribution in [0.25, 0.3) is 0 Å². The molecule has 0 radical (unpaired) electrons. The molecule has 1 aromatic carbocycles. The summed E-state index contributed by atoms with van der Waals surface area (Å²) in [6, 6.07) is 8.88. The Hall–Kier alpha value is -2.35. The highest BCUT2D eigenvalue weighted by Gasteiger charge is 2.20. The lowest BCUT2D eigenvalue weighted by Gasteiger charge is -2.15. The number of benzene rings is 1. The van der Waals surface area contributed by atoms with Gasteiger partial charge in [-0.05, 0) is 18.6 Å². The first-order valence-corrected chi connectivity index (χ1v) is 6.27. The van der Waals surface area contributed by atoms with E-state index in [0.717, 1.165) is 13.0 Å². The molecule has 98 valence electrons. The van der Waals surface area contributed by atoms with E-state index in [1.807, 2.05) is 6.07 Å². The molecule has 5 nitrogen and oxygen atoms in total. The Morgan fingerprint density at radius 1 is 1.42 bits per heavy atom. The average molecular weight is 257 g/mol. The fourth-order valence-corrected chi connectivity index (χ4v) is 2.08. The predicted octanol–water partition coefficient (Wildman–Crippen LogP) is 1.51. The molecular formula is C14H15N3O2. The first kappa shape index (κ1) is 13.1. The zero-order chi connectivity index (χ0) is 13.7. The highest BCUT2D eigenvalue weighted by Crippen LogP contribution is 2.14. The van der Waals surface area contributed by atoms with Crippen molar-refractivity contribution in [1.82, 2.24) is 4.90 Å². The standard InChI is InChI=1S/C14H15N3O2/c15-10-11-4-1-2-5-12(11)16-13(18)7-9-17-8-3-6-14(17)19/h1-2,4-5H,3,6-9H2,(H,16,18). The maximum Gasteiger partial charge on any atom is 0.226 e. The Morgan fingerprint density at radius 3 is 2.89 bits per heavy atom. The van der Waals surface area contributed by atoms with Crippen LogP contribution in [-0.4, -0.2) is 29.8 Å². The number of amides is 2. The van der Waals surface area contributed by atoms with Crippen LogP contribution in [0.15, 0.2) is 24.3 Å². The monoisotopic (exact) mass is 257 g/mol. The minimum atomic E-state index is -0.178. The predicted molar refractivity (Wildman–Crippen MR) is 70.2 cm³/mol. The Labute approximate surface area is 111 Å². The molecule has 1 aliphatic rings. The number of hydrogen-bond acceptors (Lipinski definition) is 3. The molecule has 0 atom stereocenters. The number of nitrogens with zero attached hydrogens (tertiary/aromatic N) is 2. The summed E-state index contributed by atoms with van der Waals surface area (Å²) >= 11 is 0. The first-order valence-electron chi connectivity index (χ1n) is 6.27. The largest absolute Gasteiger partial charge is 0.342 e. The normalized spacial score (nSPS) is 14.3. The zero-order valence-electron chi connectivity index (χ0n) is 10.6. The van der Waals surface area contributed by atoms with Gasteiger partial charge in [0.15, 0.2) is 0 Å². The van der Waals surface area contributed by atoms with Crippen LogP contribution in [-0.2, 0) is 9.59 Å². The van der Waals surface area contributed by atoms with Gasteiger partial charge in [-0.25, -0.2) is 0 Å². The molecule has 2 amide bonds. The Balaban J connectivity index is 1.87. The Kier molecular flexibility index (Phi) is 4.14. The number of hydrogen-bond donors (Lipinski definition) is 1. The van der Waals surface area contributed by atoms with E-state index in [2.05, 4.69) is 5.32 Å². The van der Waals surface area contributed by atoms with E-state index in [0.29, 0.717) is 24.2 Å². The van der Waals surface area contributed by atoms with Gasteiger partial charge in [-0.3, -0.25) is 9.59 Å². The van der Waals surface area contributed by atoms with Crippen LogP contribution in [0.3, 0.4) is 0 Å². The van der Waals surface area contributed by atoms with Crippen LogP contribution >= 0.6 is 0 Å². The van der Waals surface area contributed by atoms with Crippen LogP contribution in [0.4, 0.5) is 5.69 Å². The van der Waals surface area contributed by atoms with Crippen molar-refractivity contribution in [3.05, 3.63) is 29.8 Å². The van der Waals surface area contributed by atoms with Gasteiger partial charge in [-0.2, -0.15) is 5.26 Å². The summed E-state index contributed by atoms with van der Waals surface area (Å²) in [4.78, 5) is 24.9. The Bertz CT molecular complexity index is 534. The minimum Gasteiger partial charge on any atom is -0.342 e. The topological polar surface area (TPSA) is 73.2 Å². The summed E-state index contributed by atoms with van der Waals surface area (Å²) in [7, 11) is 0. The quantitative estimate of drug-likeness (QED) is 0.888. The summed E-state index contributed by atoms with van der Waals surface area (Å²) in [6.07, 6.45) is 1.71. The SMILES string of the molecule is N#Cc1ccccc1NC(=O)CCN1CCCC1=O. The third-order valence-electron chi connectivity index (χ3n) is 3.10. The van der Waals surface area contributed by atoms with Crippen LogP contribution in [0, 0.1) is 11.3 Å². The van der Waals surface area contributed by atoms with Crippen molar-refractivity contribution in [3.63, 3.8) is 0 Å². The van der Waals surface area contributed by atoms with E-state index in [1.165, 1.54) is 0 Å². The number of anilines is 1. The van der Waals surface area contributed by atoms with E-state index in [9.17, 15) is 9.59 Å². The second kappa shape index (κ2) is 6.01. The molecule has 1 saturated heterocycles. The summed E-state index contributed by atoms with van der Waals surface area (Å²) in [5.74, 6) is -0.0624. The number of rotatable bonds is 4. The number of para-hydroxylation sites is 1. The van der Waals surface area contributed by atoms with Gasteiger partial charge in [0.05, 0.1) is 11.3 Å². The first-order chi connectivity index (χ1) is 9.20. The molecule has 1 heterocycles. The summed E-state index contributed by atoms with van der Waals surface area (Å²) in [5.41, 5.74) is 0.954. The summed E-state index contributed by atoms with van der Waals surface area (Å²) < 4.78 is 0. The molecule has 1 aliphatic heterocycles. The minimum absolute atomic E-state index is 0.116. The van der Waals surface area contributed by atoms with Crippen molar-refractivity contribution in [2.75, 3.05) is 18.4 Å². The van der Waals surface area contributed by atoms with Gasteiger partial charge >= 0.3 is 0 Å². The van der Waals surface area contributed by atoms with E-state index in [1.54, 1.807) is 29.2 Å². The van der Waals surface area contributed by atoms with Crippen LogP contribution in [0.5, 0.6) is 0 Å². The lowest BCUT2D eigenvalue weighted by atomic mass is 10.2. The summed E-state index contributed by atoms with van der Waals surface area (Å²) in [6.45, 7) is 1.18. The average Bonchev–Trinajstić information content (AvgIpc) is 2.82. The van der Waals surface area contributed by atoms with Gasteiger partial charge in [-0.1, -0.05) is 12.1 Å². The number of carbonyl (C=O) groups is 2. The molecule has 1 aromatic rings. The molecule has 0 saturated carbocycles. The molecule has 5 heteroatoms. The lowest BCUT2D eigenvalue weighted by Crippen LogP contribution is -2.28. The zero-order valence-corrected chi connectivity index (χ0v) is 10.6. The van der Waals surface area contributed by atoms with E-state index in [4.69, 9.17) is 5.26 Å². The van der Waals surface area contributed by atoms with E-state index < -0.39 is 0 Å². The second-order valence-electron chi connectivity index (χ2n) is 4.44. The van der Waals surface area contributed by atoms with Gasteiger partial charge in [0, 0.05) is 25.9 Å². The molecule has 0 spiro atoms. The van der Waals surface area contributed by atoms with Crippen molar-refractivity contribution in [2.45, 2.75) is 19.3 Å². The molecule has 0 bridgehead atoms. The Morgan fingerprint density at radius 2 is 2.21 bits per heavy atom. The van der Waals surface area contributed by atoms with Crippen molar-refractivity contribution in [1.29, 1.82) is 5.26 Å². The maximum atomic E-state index is 11.8. The highest BCUT2D eigenvalue weighted by atomic mass is 16.2. The lowest BCUT2D eigenvalue weighted by molar-refractivity contribution is -0.128.